The molecule has 18 heavy (non-hydrogen) atoms. The zero-order chi connectivity index (χ0) is 12.2. The Kier molecular flexibility index (Phi) is 3.46. The summed E-state index contributed by atoms with van der Waals surface area (Å²) in [5.41, 5.74) is 1.39. The van der Waals surface area contributed by atoms with Crippen molar-refractivity contribution in [1.82, 2.24) is 19.4 Å². The van der Waals surface area contributed by atoms with Gasteiger partial charge in [-0.2, -0.15) is 0 Å². The van der Waals surface area contributed by atoms with Gasteiger partial charge in [0.15, 0.2) is 0 Å². The lowest BCUT2D eigenvalue weighted by molar-refractivity contribution is 0.563. The zero-order valence-electron chi connectivity index (χ0n) is 10.6. The number of rotatable bonds is 7. The second kappa shape index (κ2) is 5.40. The van der Waals surface area contributed by atoms with Crippen LogP contribution in [0, 0.1) is 0 Å². The fraction of sp³-hybridized carbons (Fsp3) is 0.500. The second-order valence-electron chi connectivity index (χ2n) is 5.07. The molecule has 1 fully saturated rings. The van der Waals surface area contributed by atoms with Gasteiger partial charge in [0.1, 0.15) is 0 Å². The lowest BCUT2D eigenvalue weighted by Gasteiger charge is -2.04. The molecule has 4 heteroatoms. The van der Waals surface area contributed by atoms with Gasteiger partial charge in [0, 0.05) is 50.5 Å². The van der Waals surface area contributed by atoms with Crippen molar-refractivity contribution >= 4 is 0 Å². The van der Waals surface area contributed by atoms with E-state index in [1.54, 1.807) is 0 Å². The highest BCUT2D eigenvalue weighted by Crippen LogP contribution is 2.19. The maximum absolute atomic E-state index is 4.05. The van der Waals surface area contributed by atoms with Crippen molar-refractivity contribution in [2.24, 2.45) is 0 Å². The minimum Gasteiger partial charge on any atom is -0.354 e. The molecule has 0 saturated heterocycles. The molecule has 0 atom stereocenters. The molecule has 0 spiro atoms. The number of aryl methyl sites for hydroxylation is 2. The van der Waals surface area contributed by atoms with Crippen molar-refractivity contribution in [1.29, 1.82) is 0 Å². The van der Waals surface area contributed by atoms with Crippen molar-refractivity contribution < 1.29 is 0 Å². The van der Waals surface area contributed by atoms with Crippen LogP contribution in [0.2, 0.25) is 0 Å². The van der Waals surface area contributed by atoms with Crippen LogP contribution in [0.4, 0.5) is 0 Å². The molecule has 2 heterocycles. The Hall–Kier alpha value is -1.55. The first kappa shape index (κ1) is 11.5. The van der Waals surface area contributed by atoms with Gasteiger partial charge in [-0.3, -0.25) is 0 Å². The highest BCUT2D eigenvalue weighted by molar-refractivity contribution is 5.10. The SMILES string of the molecule is c1cn(CCCn2ccc(CNC3CC3)c2)cn1. The highest BCUT2D eigenvalue weighted by Gasteiger charge is 2.19. The lowest BCUT2D eigenvalue weighted by Crippen LogP contribution is -2.14. The fourth-order valence-corrected chi connectivity index (χ4v) is 2.14. The van der Waals surface area contributed by atoms with Crippen LogP contribution >= 0.6 is 0 Å². The molecule has 1 saturated carbocycles. The predicted molar refractivity (Wildman–Crippen MR) is 71.1 cm³/mol. The standard InChI is InChI=1S/C14H20N4/c1(7-18-9-5-15-12-18)6-17-8-4-13(11-17)10-16-14-2-3-14/h4-5,8-9,11-12,14,16H,1-3,6-7,10H2. The van der Waals surface area contributed by atoms with Gasteiger partial charge < -0.3 is 14.5 Å². The maximum Gasteiger partial charge on any atom is 0.0945 e. The van der Waals surface area contributed by atoms with Crippen LogP contribution in [0.1, 0.15) is 24.8 Å². The Bertz CT molecular complexity index is 468. The van der Waals surface area contributed by atoms with Crippen LogP contribution in [0.25, 0.3) is 0 Å². The molecule has 0 aromatic carbocycles. The molecule has 0 aliphatic heterocycles. The van der Waals surface area contributed by atoms with E-state index in [0.717, 1.165) is 32.1 Å². The summed E-state index contributed by atoms with van der Waals surface area (Å²) >= 11 is 0. The summed E-state index contributed by atoms with van der Waals surface area (Å²) < 4.78 is 4.40. The molecule has 2 aromatic rings. The number of imidazole rings is 1. The van der Waals surface area contributed by atoms with Gasteiger partial charge in [0.2, 0.25) is 0 Å². The van der Waals surface area contributed by atoms with Crippen molar-refractivity contribution in [2.45, 2.75) is 44.9 Å². The summed E-state index contributed by atoms with van der Waals surface area (Å²) in [6.45, 7) is 3.12. The quantitative estimate of drug-likeness (QED) is 0.808. The highest BCUT2D eigenvalue weighted by atomic mass is 15.0. The first-order valence-corrected chi connectivity index (χ1v) is 6.74. The number of nitrogens with zero attached hydrogens (tertiary/aromatic N) is 3. The molecule has 1 aliphatic carbocycles. The van der Waals surface area contributed by atoms with Crippen LogP contribution in [0.5, 0.6) is 0 Å². The maximum atomic E-state index is 4.05. The van der Waals surface area contributed by atoms with E-state index in [0.29, 0.717) is 0 Å². The van der Waals surface area contributed by atoms with Gasteiger partial charge in [-0.05, 0) is 30.9 Å². The smallest absolute Gasteiger partial charge is 0.0945 e. The summed E-state index contributed by atoms with van der Waals surface area (Å²) in [5, 5.41) is 3.54. The molecule has 2 aromatic heterocycles. The van der Waals surface area contributed by atoms with E-state index < -0.39 is 0 Å². The van der Waals surface area contributed by atoms with Crippen LogP contribution in [0.15, 0.2) is 37.2 Å². The molecule has 0 unspecified atom stereocenters. The minimum atomic E-state index is 0.787. The van der Waals surface area contributed by atoms with Crippen LogP contribution in [-0.4, -0.2) is 20.2 Å². The molecule has 1 N–H and O–H groups in total. The van der Waals surface area contributed by atoms with E-state index in [1.807, 2.05) is 18.7 Å². The molecule has 1 aliphatic rings. The van der Waals surface area contributed by atoms with E-state index in [1.165, 1.54) is 18.4 Å². The van der Waals surface area contributed by atoms with Gasteiger partial charge >= 0.3 is 0 Å². The average Bonchev–Trinajstić information content (AvgIpc) is 2.89. The molecule has 3 rings (SSSR count). The average molecular weight is 244 g/mol. The Morgan fingerprint density at radius 1 is 1.22 bits per heavy atom. The number of hydrogen-bond donors (Lipinski definition) is 1. The summed E-state index contributed by atoms with van der Waals surface area (Å²) in [4.78, 5) is 4.05. The first-order valence-electron chi connectivity index (χ1n) is 6.74. The Labute approximate surface area is 108 Å². The Balaban J connectivity index is 1.41. The van der Waals surface area contributed by atoms with Crippen LogP contribution < -0.4 is 5.32 Å². The minimum absolute atomic E-state index is 0.787. The van der Waals surface area contributed by atoms with E-state index in [4.69, 9.17) is 0 Å². The topological polar surface area (TPSA) is 34.8 Å². The van der Waals surface area contributed by atoms with Crippen molar-refractivity contribution in [3.8, 4) is 0 Å². The monoisotopic (exact) mass is 244 g/mol. The van der Waals surface area contributed by atoms with E-state index in [9.17, 15) is 0 Å². The number of aromatic nitrogens is 3. The van der Waals surface area contributed by atoms with Gasteiger partial charge in [0.25, 0.3) is 0 Å². The van der Waals surface area contributed by atoms with E-state index in [2.05, 4.69) is 37.9 Å². The third-order valence-corrected chi connectivity index (χ3v) is 3.38. The summed E-state index contributed by atoms with van der Waals surface area (Å²) in [6, 6.07) is 3.00. The molecular formula is C14H20N4. The Morgan fingerprint density at radius 2 is 2.11 bits per heavy atom. The lowest BCUT2D eigenvalue weighted by atomic mass is 10.3. The van der Waals surface area contributed by atoms with Crippen LogP contribution in [-0.2, 0) is 19.6 Å². The van der Waals surface area contributed by atoms with Gasteiger partial charge in [-0.25, -0.2) is 4.98 Å². The second-order valence-corrected chi connectivity index (χ2v) is 5.07. The third-order valence-electron chi connectivity index (χ3n) is 3.38. The normalized spacial score (nSPS) is 15.1. The number of hydrogen-bond acceptors (Lipinski definition) is 2. The Morgan fingerprint density at radius 3 is 2.89 bits per heavy atom. The summed E-state index contributed by atoms with van der Waals surface area (Å²) in [7, 11) is 0. The van der Waals surface area contributed by atoms with Gasteiger partial charge in [0.05, 0.1) is 6.33 Å². The zero-order valence-corrected chi connectivity index (χ0v) is 10.6. The number of nitrogens with one attached hydrogen (secondary N) is 1. The van der Waals surface area contributed by atoms with E-state index >= 15 is 0 Å². The molecule has 4 nitrogen and oxygen atoms in total. The predicted octanol–water partition coefficient (Wildman–Crippen LogP) is 2.03. The van der Waals surface area contributed by atoms with Crippen molar-refractivity contribution in [3.63, 3.8) is 0 Å². The van der Waals surface area contributed by atoms with Crippen molar-refractivity contribution in [2.75, 3.05) is 0 Å². The summed E-state index contributed by atoms with van der Waals surface area (Å²) in [6.07, 6.45) is 14.0. The molecule has 96 valence electrons. The van der Waals surface area contributed by atoms with E-state index in [-0.39, 0.29) is 0 Å². The third kappa shape index (κ3) is 3.23. The van der Waals surface area contributed by atoms with Gasteiger partial charge in [-0.15, -0.1) is 0 Å². The molecular weight excluding hydrogens is 224 g/mol. The fourth-order valence-electron chi connectivity index (χ4n) is 2.14. The molecule has 0 radical (unpaired) electrons. The van der Waals surface area contributed by atoms with Crippen LogP contribution in [0.3, 0.4) is 0 Å². The largest absolute Gasteiger partial charge is 0.354 e. The van der Waals surface area contributed by atoms with Gasteiger partial charge in [-0.1, -0.05) is 0 Å². The molecule has 0 bridgehead atoms. The first-order chi connectivity index (χ1) is 8.90. The molecule has 0 amide bonds. The van der Waals surface area contributed by atoms with Crippen molar-refractivity contribution in [3.05, 3.63) is 42.7 Å². The summed E-state index contributed by atoms with van der Waals surface area (Å²) in [5.74, 6) is 0.